The molecule has 12 heteroatoms. The largest absolute Gasteiger partial charge is 0.495 e. The van der Waals surface area contributed by atoms with Crippen molar-refractivity contribution in [1.29, 1.82) is 0 Å². The Kier molecular flexibility index (Phi) is 5.67. The maximum absolute atomic E-state index is 13.2. The van der Waals surface area contributed by atoms with Gasteiger partial charge < -0.3 is 14.8 Å². The number of aromatic hydroxyl groups is 1. The second-order valence-electron chi connectivity index (χ2n) is 6.78. The van der Waals surface area contributed by atoms with E-state index in [1.165, 1.54) is 19.2 Å². The number of hydrogen-bond donors (Lipinski definition) is 3. The molecular weight excluding hydrogens is 450 g/mol. The molecule has 0 radical (unpaired) electrons. The van der Waals surface area contributed by atoms with Crippen LogP contribution in [0, 0.1) is 10.1 Å². The van der Waals surface area contributed by atoms with Gasteiger partial charge in [0.05, 0.1) is 23.2 Å². The van der Waals surface area contributed by atoms with Gasteiger partial charge >= 0.3 is 0 Å². The average molecular weight is 467 g/mol. The molecule has 0 fully saturated rings. The number of aromatic amines is 1. The van der Waals surface area contributed by atoms with Gasteiger partial charge in [0, 0.05) is 17.5 Å². The normalized spacial score (nSPS) is 11.7. The molecule has 0 bridgehead atoms. The van der Waals surface area contributed by atoms with Crippen molar-refractivity contribution in [1.82, 2.24) is 4.98 Å². The molecule has 11 nitrogen and oxygen atoms in total. The Balaban J connectivity index is 1.80. The monoisotopic (exact) mass is 467 g/mol. The predicted molar refractivity (Wildman–Crippen MR) is 121 cm³/mol. The summed E-state index contributed by atoms with van der Waals surface area (Å²) in [6, 6.07) is 16.4. The lowest BCUT2D eigenvalue weighted by Gasteiger charge is -2.12. The highest BCUT2D eigenvalue weighted by Crippen LogP contribution is 2.38. The van der Waals surface area contributed by atoms with Gasteiger partial charge in [0.1, 0.15) is 16.3 Å². The van der Waals surface area contributed by atoms with Crippen LogP contribution in [0.5, 0.6) is 11.6 Å². The highest BCUT2D eigenvalue weighted by atomic mass is 32.2. The lowest BCUT2D eigenvalue weighted by atomic mass is 10.2. The van der Waals surface area contributed by atoms with Crippen LogP contribution in [0.3, 0.4) is 0 Å². The van der Waals surface area contributed by atoms with Crippen LogP contribution in [0.25, 0.3) is 10.9 Å². The van der Waals surface area contributed by atoms with Crippen LogP contribution in [0.1, 0.15) is 0 Å². The minimum atomic E-state index is -4.33. The van der Waals surface area contributed by atoms with Crippen LogP contribution in [0.4, 0.5) is 22.7 Å². The highest BCUT2D eigenvalue weighted by Gasteiger charge is 2.24. The summed E-state index contributed by atoms with van der Waals surface area (Å²) in [4.78, 5) is 12.8. The summed E-state index contributed by atoms with van der Waals surface area (Å²) < 4.78 is 33.8. The van der Waals surface area contributed by atoms with Crippen LogP contribution >= 0.6 is 0 Å². The van der Waals surface area contributed by atoms with Gasteiger partial charge in [-0.05, 0) is 24.3 Å². The number of ether oxygens (including phenoxy) is 1. The number of benzene rings is 3. The molecule has 0 aliphatic carbocycles. The summed E-state index contributed by atoms with van der Waals surface area (Å²) in [6.45, 7) is 0. The molecule has 0 aliphatic rings. The smallest absolute Gasteiger partial charge is 0.270 e. The van der Waals surface area contributed by atoms with E-state index in [0.29, 0.717) is 10.9 Å². The van der Waals surface area contributed by atoms with E-state index in [1.807, 2.05) is 0 Å². The lowest BCUT2D eigenvalue weighted by molar-refractivity contribution is -0.385. The van der Waals surface area contributed by atoms with E-state index in [1.54, 1.807) is 42.5 Å². The number of H-pyrrole nitrogens is 1. The minimum absolute atomic E-state index is 0.102. The molecule has 0 saturated heterocycles. The van der Waals surface area contributed by atoms with E-state index in [4.69, 9.17) is 4.74 Å². The summed E-state index contributed by atoms with van der Waals surface area (Å²) >= 11 is 0. The van der Waals surface area contributed by atoms with Crippen LogP contribution < -0.4 is 9.46 Å². The Labute approximate surface area is 187 Å². The van der Waals surface area contributed by atoms with Gasteiger partial charge in [0.15, 0.2) is 5.69 Å². The molecule has 168 valence electrons. The molecule has 3 N–H and O–H groups in total. The summed E-state index contributed by atoms with van der Waals surface area (Å²) in [6.07, 6.45) is 0. The van der Waals surface area contributed by atoms with E-state index in [2.05, 4.69) is 19.9 Å². The highest BCUT2D eigenvalue weighted by molar-refractivity contribution is 7.92. The molecule has 0 amide bonds. The molecule has 1 heterocycles. The van der Waals surface area contributed by atoms with E-state index in [-0.39, 0.29) is 28.7 Å². The van der Waals surface area contributed by atoms with Crippen molar-refractivity contribution in [3.8, 4) is 11.6 Å². The third kappa shape index (κ3) is 4.32. The van der Waals surface area contributed by atoms with Crippen molar-refractivity contribution in [2.45, 2.75) is 4.90 Å². The van der Waals surface area contributed by atoms with Crippen LogP contribution in [-0.4, -0.2) is 30.5 Å². The molecular formula is C21H17N5O6S. The number of fused-ring (bicyclic) bond motifs is 1. The first-order chi connectivity index (χ1) is 15.8. The maximum atomic E-state index is 13.2. The molecule has 4 aromatic rings. The Morgan fingerprint density at radius 2 is 1.79 bits per heavy atom. The van der Waals surface area contributed by atoms with Crippen molar-refractivity contribution in [2.75, 3.05) is 11.8 Å². The molecule has 0 atom stereocenters. The third-order valence-electron chi connectivity index (χ3n) is 4.71. The quantitative estimate of drug-likeness (QED) is 0.197. The summed E-state index contributed by atoms with van der Waals surface area (Å²) in [7, 11) is -2.95. The van der Waals surface area contributed by atoms with E-state index in [0.717, 1.165) is 12.1 Å². The van der Waals surface area contributed by atoms with Crippen molar-refractivity contribution < 1.29 is 23.2 Å². The number of nitrogens with zero attached hydrogens (tertiary/aromatic N) is 3. The molecule has 3 aromatic carbocycles. The summed E-state index contributed by atoms with van der Waals surface area (Å²) in [5.74, 6) is 0.0109. The number of azo groups is 1. The second-order valence-corrected chi connectivity index (χ2v) is 8.43. The number of aromatic nitrogens is 1. The molecule has 33 heavy (non-hydrogen) atoms. The van der Waals surface area contributed by atoms with Gasteiger partial charge in [-0.15, -0.1) is 10.2 Å². The number of nitro groups is 1. The van der Waals surface area contributed by atoms with Crippen molar-refractivity contribution in [2.24, 2.45) is 10.2 Å². The van der Waals surface area contributed by atoms with Gasteiger partial charge in [0.25, 0.3) is 15.7 Å². The molecule has 0 saturated carbocycles. The SMILES string of the molecule is COc1ccccc1NS(=O)(=O)c1cc([N+](=O)[O-])ccc1N=Nc1c(O)[nH]c2ccccc12. The standard InChI is InChI=1S/C21H17N5O6S/c1-32-18-9-5-4-8-16(18)25-33(30,31)19-12-13(26(28)29)10-11-17(19)23-24-20-14-6-2-3-7-15(14)22-21(20)27/h2-12,22,25,27H,1H3. The molecule has 0 unspecified atom stereocenters. The number of non-ortho nitro benzene ring substituents is 1. The number of nitro benzene ring substituents is 1. The van der Waals surface area contributed by atoms with Gasteiger partial charge in [-0.3, -0.25) is 14.8 Å². The maximum Gasteiger partial charge on any atom is 0.270 e. The molecule has 0 aliphatic heterocycles. The van der Waals surface area contributed by atoms with E-state index in [9.17, 15) is 23.6 Å². The molecule has 1 aromatic heterocycles. The summed E-state index contributed by atoms with van der Waals surface area (Å²) in [5.41, 5.74) is 0.254. The second kappa shape index (κ2) is 8.59. The number of anilines is 1. The number of nitrogens with one attached hydrogen (secondary N) is 2. The Morgan fingerprint density at radius 1 is 1.06 bits per heavy atom. The third-order valence-corrected chi connectivity index (χ3v) is 6.11. The zero-order chi connectivity index (χ0) is 23.6. The predicted octanol–water partition coefficient (Wildman–Crippen LogP) is 5.01. The van der Waals surface area contributed by atoms with Crippen LogP contribution in [0.2, 0.25) is 0 Å². The van der Waals surface area contributed by atoms with Crippen LogP contribution in [0.15, 0.2) is 81.9 Å². The fourth-order valence-corrected chi connectivity index (χ4v) is 4.39. The lowest BCUT2D eigenvalue weighted by Crippen LogP contribution is -2.14. The number of rotatable bonds is 7. The van der Waals surface area contributed by atoms with Gasteiger partial charge in [-0.25, -0.2) is 8.42 Å². The topological polar surface area (TPSA) is 159 Å². The molecule has 0 spiro atoms. The number of hydrogen-bond acceptors (Lipinski definition) is 8. The Bertz CT molecular complexity index is 1500. The number of methoxy groups -OCH3 is 1. The zero-order valence-corrected chi connectivity index (χ0v) is 17.9. The first-order valence-corrected chi connectivity index (χ1v) is 10.9. The van der Waals surface area contributed by atoms with Crippen LogP contribution in [-0.2, 0) is 10.0 Å². The number of sulfonamides is 1. The first kappa shape index (κ1) is 21.8. The molecule has 4 rings (SSSR count). The first-order valence-electron chi connectivity index (χ1n) is 9.46. The van der Waals surface area contributed by atoms with Gasteiger partial charge in [-0.1, -0.05) is 30.3 Å². The average Bonchev–Trinajstić information content (AvgIpc) is 3.12. The van der Waals surface area contributed by atoms with Crippen molar-refractivity contribution >= 4 is 43.7 Å². The van der Waals surface area contributed by atoms with Gasteiger partial charge in [-0.2, -0.15) is 0 Å². The fraction of sp³-hybridized carbons (Fsp3) is 0.0476. The van der Waals surface area contributed by atoms with Gasteiger partial charge in [0.2, 0.25) is 5.88 Å². The zero-order valence-electron chi connectivity index (χ0n) is 17.1. The van der Waals surface area contributed by atoms with E-state index >= 15 is 0 Å². The Hall–Kier alpha value is -4.45. The summed E-state index contributed by atoms with van der Waals surface area (Å²) in [5, 5.41) is 30.0. The Morgan fingerprint density at radius 3 is 2.55 bits per heavy atom. The van der Waals surface area contributed by atoms with Crippen molar-refractivity contribution in [3.63, 3.8) is 0 Å². The van der Waals surface area contributed by atoms with E-state index < -0.39 is 25.5 Å². The van der Waals surface area contributed by atoms with Crippen molar-refractivity contribution in [3.05, 3.63) is 76.8 Å². The minimum Gasteiger partial charge on any atom is -0.495 e. The fourth-order valence-electron chi connectivity index (χ4n) is 3.16. The number of para-hydroxylation sites is 3.